The molecule has 142 valence electrons. The summed E-state index contributed by atoms with van der Waals surface area (Å²) < 4.78 is 3.56. The molecule has 0 saturated heterocycles. The molecule has 9 nitrogen and oxygen atoms in total. The van der Waals surface area contributed by atoms with E-state index < -0.39 is 6.04 Å². The van der Waals surface area contributed by atoms with Crippen LogP contribution >= 0.6 is 23.1 Å². The van der Waals surface area contributed by atoms with Crippen molar-refractivity contribution in [2.45, 2.75) is 38.1 Å². The maximum absolute atomic E-state index is 12.5. The molecule has 1 N–H and O–H groups in total. The predicted molar refractivity (Wildman–Crippen MR) is 105 cm³/mol. The van der Waals surface area contributed by atoms with E-state index in [-0.39, 0.29) is 11.5 Å². The molecule has 11 heteroatoms. The highest BCUT2D eigenvalue weighted by molar-refractivity contribution is 8.01. The first-order valence-electron chi connectivity index (χ1n) is 8.29. The zero-order chi connectivity index (χ0) is 19.6. The topological polar surface area (TPSA) is 108 Å². The van der Waals surface area contributed by atoms with Gasteiger partial charge < -0.3 is 0 Å². The molecule has 27 heavy (non-hydrogen) atoms. The molecule has 0 aromatic carbocycles. The van der Waals surface area contributed by atoms with E-state index in [1.165, 1.54) is 17.4 Å². The molecule has 0 unspecified atom stereocenters. The van der Waals surface area contributed by atoms with Crippen molar-refractivity contribution in [1.82, 2.24) is 29.8 Å². The molecule has 0 aliphatic rings. The van der Waals surface area contributed by atoms with Crippen LogP contribution in [0.5, 0.6) is 0 Å². The Labute approximate surface area is 163 Å². The van der Waals surface area contributed by atoms with Gasteiger partial charge in [-0.05, 0) is 38.7 Å². The fraction of sp³-hybridized carbons (Fsp3) is 0.375. The Bertz CT molecular complexity index is 1020. The second-order valence-corrected chi connectivity index (χ2v) is 8.27. The summed E-state index contributed by atoms with van der Waals surface area (Å²) in [5.41, 5.74) is 1.36. The first kappa shape index (κ1) is 19.2. The lowest BCUT2D eigenvalue weighted by Crippen LogP contribution is -2.33. The summed E-state index contributed by atoms with van der Waals surface area (Å²) in [6.45, 7) is 7.40. The smallest absolute Gasteiger partial charge is 0.267 e. The minimum Gasteiger partial charge on any atom is -0.299 e. The number of amides is 1. The molecule has 3 rings (SSSR count). The van der Waals surface area contributed by atoms with Gasteiger partial charge in [0.2, 0.25) is 5.13 Å². The van der Waals surface area contributed by atoms with Crippen molar-refractivity contribution >= 4 is 34.1 Å². The van der Waals surface area contributed by atoms with Gasteiger partial charge in [0.15, 0.2) is 10.2 Å². The third kappa shape index (κ3) is 4.25. The standard InChI is InChI=1S/C16H19N7O2S2/c1-5-26-16-19-18-15(27-16)17-14(25)11(4)23-13(24)7-6-12(21-23)22-10(3)8-9(2)20-22/h6-8,11H,5H2,1-4H3,(H,17,18,25)/t11-/m1/s1. The fourth-order valence-corrected chi connectivity index (χ4v) is 4.08. The van der Waals surface area contributed by atoms with Gasteiger partial charge in [-0.2, -0.15) is 5.10 Å². The molecule has 1 amide bonds. The molecule has 1 atom stereocenters. The van der Waals surface area contributed by atoms with E-state index in [1.54, 1.807) is 29.4 Å². The Morgan fingerprint density at radius 3 is 2.74 bits per heavy atom. The lowest BCUT2D eigenvalue weighted by molar-refractivity contribution is -0.119. The fourth-order valence-electron chi connectivity index (χ4n) is 2.43. The number of nitrogens with one attached hydrogen (secondary N) is 1. The summed E-state index contributed by atoms with van der Waals surface area (Å²) in [5.74, 6) is 0.953. The Balaban J connectivity index is 1.83. The number of nitrogens with zero attached hydrogens (tertiary/aromatic N) is 6. The van der Waals surface area contributed by atoms with E-state index in [0.717, 1.165) is 26.2 Å². The minimum absolute atomic E-state index is 0.373. The van der Waals surface area contributed by atoms with Gasteiger partial charge >= 0.3 is 0 Å². The maximum atomic E-state index is 12.5. The summed E-state index contributed by atoms with van der Waals surface area (Å²) in [5, 5.41) is 19.7. The number of hydrogen-bond donors (Lipinski definition) is 1. The highest BCUT2D eigenvalue weighted by Crippen LogP contribution is 2.25. The third-order valence-corrected chi connectivity index (χ3v) is 5.54. The van der Waals surface area contributed by atoms with Crippen LogP contribution in [0.15, 0.2) is 27.3 Å². The highest BCUT2D eigenvalue weighted by Gasteiger charge is 2.20. The van der Waals surface area contributed by atoms with Crippen LogP contribution in [-0.2, 0) is 4.79 Å². The quantitative estimate of drug-likeness (QED) is 0.495. The summed E-state index contributed by atoms with van der Waals surface area (Å²) in [4.78, 5) is 24.8. The van der Waals surface area contributed by atoms with E-state index in [1.807, 2.05) is 26.8 Å². The minimum atomic E-state index is -0.819. The molecule has 0 saturated carbocycles. The molecule has 0 aliphatic heterocycles. The SMILES string of the molecule is CCSc1nnc(NC(=O)[C@@H](C)n2nc(-n3nc(C)cc3C)ccc2=O)s1. The number of aryl methyl sites for hydroxylation is 2. The average molecular weight is 406 g/mol. The number of thioether (sulfide) groups is 1. The maximum Gasteiger partial charge on any atom is 0.267 e. The number of rotatable bonds is 6. The molecule has 0 radical (unpaired) electrons. The van der Waals surface area contributed by atoms with Gasteiger partial charge in [-0.1, -0.05) is 30.0 Å². The van der Waals surface area contributed by atoms with Crippen LogP contribution in [0.1, 0.15) is 31.3 Å². The Morgan fingerprint density at radius 1 is 1.30 bits per heavy atom. The van der Waals surface area contributed by atoms with Crippen LogP contribution in [0.4, 0.5) is 5.13 Å². The molecule has 0 aliphatic carbocycles. The summed E-state index contributed by atoms with van der Waals surface area (Å²) in [6, 6.07) is 4.06. The molecule has 3 aromatic rings. The van der Waals surface area contributed by atoms with E-state index in [4.69, 9.17) is 0 Å². The van der Waals surface area contributed by atoms with E-state index in [2.05, 4.69) is 25.7 Å². The van der Waals surface area contributed by atoms with Crippen LogP contribution in [0.25, 0.3) is 5.82 Å². The molecule has 0 bridgehead atoms. The molecular weight excluding hydrogens is 386 g/mol. The summed E-state index contributed by atoms with van der Waals surface area (Å²) in [6.07, 6.45) is 0. The van der Waals surface area contributed by atoms with Gasteiger partial charge in [0.05, 0.1) is 5.69 Å². The van der Waals surface area contributed by atoms with Crippen molar-refractivity contribution < 1.29 is 4.79 Å². The van der Waals surface area contributed by atoms with Crippen LogP contribution in [0, 0.1) is 13.8 Å². The molecule has 3 aromatic heterocycles. The van der Waals surface area contributed by atoms with Gasteiger partial charge in [-0.3, -0.25) is 14.9 Å². The number of aromatic nitrogens is 6. The second kappa shape index (κ2) is 8.01. The van der Waals surface area contributed by atoms with E-state index >= 15 is 0 Å². The third-order valence-electron chi connectivity index (χ3n) is 3.69. The van der Waals surface area contributed by atoms with Gasteiger partial charge in [0.25, 0.3) is 11.5 Å². The zero-order valence-electron chi connectivity index (χ0n) is 15.3. The van der Waals surface area contributed by atoms with Crippen molar-refractivity contribution in [3.05, 3.63) is 39.9 Å². The Kier molecular flexibility index (Phi) is 5.71. The van der Waals surface area contributed by atoms with Crippen LogP contribution < -0.4 is 10.9 Å². The predicted octanol–water partition coefficient (Wildman–Crippen LogP) is 2.21. The number of hydrogen-bond acceptors (Lipinski definition) is 8. The first-order valence-corrected chi connectivity index (χ1v) is 10.1. The summed E-state index contributed by atoms with van der Waals surface area (Å²) in [7, 11) is 0. The number of carbonyl (C=O) groups is 1. The molecule has 0 fully saturated rings. The number of carbonyl (C=O) groups excluding carboxylic acids is 1. The van der Waals surface area contributed by atoms with Crippen molar-refractivity contribution in [3.8, 4) is 5.82 Å². The first-order chi connectivity index (χ1) is 12.9. The largest absolute Gasteiger partial charge is 0.299 e. The molecule has 0 spiro atoms. The summed E-state index contributed by atoms with van der Waals surface area (Å²) >= 11 is 2.84. The average Bonchev–Trinajstić information content (AvgIpc) is 3.20. The van der Waals surface area contributed by atoms with Gasteiger partial charge in [-0.25, -0.2) is 9.36 Å². The van der Waals surface area contributed by atoms with Crippen LogP contribution in [0.2, 0.25) is 0 Å². The second-order valence-electron chi connectivity index (χ2n) is 5.78. The molecule has 3 heterocycles. The lowest BCUT2D eigenvalue weighted by atomic mass is 10.3. The Hall–Kier alpha value is -2.53. The van der Waals surface area contributed by atoms with Crippen LogP contribution in [-0.4, -0.2) is 41.4 Å². The number of anilines is 1. The normalized spacial score (nSPS) is 12.1. The van der Waals surface area contributed by atoms with Gasteiger partial charge in [-0.15, -0.1) is 15.3 Å². The van der Waals surface area contributed by atoms with E-state index in [9.17, 15) is 9.59 Å². The van der Waals surface area contributed by atoms with Crippen molar-refractivity contribution in [1.29, 1.82) is 0 Å². The highest BCUT2D eigenvalue weighted by atomic mass is 32.2. The van der Waals surface area contributed by atoms with Crippen molar-refractivity contribution in [3.63, 3.8) is 0 Å². The lowest BCUT2D eigenvalue weighted by Gasteiger charge is -2.14. The van der Waals surface area contributed by atoms with Gasteiger partial charge in [0.1, 0.15) is 6.04 Å². The monoisotopic (exact) mass is 405 g/mol. The van der Waals surface area contributed by atoms with Crippen molar-refractivity contribution in [2.75, 3.05) is 11.1 Å². The Morgan fingerprint density at radius 2 is 2.07 bits per heavy atom. The van der Waals surface area contributed by atoms with Crippen LogP contribution in [0.3, 0.4) is 0 Å². The zero-order valence-corrected chi connectivity index (χ0v) is 17.0. The van der Waals surface area contributed by atoms with E-state index in [0.29, 0.717) is 10.9 Å². The molecular formula is C16H19N7O2S2. The van der Waals surface area contributed by atoms with Gasteiger partial charge in [0, 0.05) is 11.8 Å². The van der Waals surface area contributed by atoms with Crippen molar-refractivity contribution in [2.24, 2.45) is 0 Å².